The summed E-state index contributed by atoms with van der Waals surface area (Å²) in [5, 5.41) is 12.1. The van der Waals surface area contributed by atoms with Crippen molar-refractivity contribution in [1.29, 1.82) is 0 Å². The number of carboxylic acids is 1. The summed E-state index contributed by atoms with van der Waals surface area (Å²) in [5.41, 5.74) is 5.53. The highest BCUT2D eigenvalue weighted by molar-refractivity contribution is 5.97. The van der Waals surface area contributed by atoms with Crippen molar-refractivity contribution < 1.29 is 14.7 Å². The summed E-state index contributed by atoms with van der Waals surface area (Å²) in [4.78, 5) is 26.4. The maximum Gasteiger partial charge on any atom is 0.308 e. The summed E-state index contributed by atoms with van der Waals surface area (Å²) in [6, 6.07) is 2.99. The van der Waals surface area contributed by atoms with E-state index in [1.807, 2.05) is 0 Å². The van der Waals surface area contributed by atoms with E-state index in [0.29, 0.717) is 12.2 Å². The molecule has 1 amide bonds. The van der Waals surface area contributed by atoms with Crippen molar-refractivity contribution in [2.24, 2.45) is 11.7 Å². The minimum atomic E-state index is -0.818. The van der Waals surface area contributed by atoms with Gasteiger partial charge in [-0.25, -0.2) is 4.98 Å². The Balaban J connectivity index is 2.19. The highest BCUT2D eigenvalue weighted by Gasteiger charge is 2.33. The Morgan fingerprint density at radius 3 is 2.89 bits per heavy atom. The van der Waals surface area contributed by atoms with Crippen LogP contribution >= 0.6 is 0 Å². The van der Waals surface area contributed by atoms with Gasteiger partial charge in [-0.2, -0.15) is 0 Å². The van der Waals surface area contributed by atoms with Crippen molar-refractivity contribution in [2.75, 3.05) is 5.32 Å². The van der Waals surface area contributed by atoms with Crippen LogP contribution in [0.4, 0.5) is 5.82 Å². The molecular weight excluding hydrogens is 234 g/mol. The standard InChI is InChI=1S/C12H15N3O3/c13-10(16)8-4-2-6-14-11(8)15-9-5-1-3-7(9)12(17)18/h2,4,6-7,9H,1,3,5H2,(H2,13,16)(H,14,15)(H,17,18). The number of hydrogen-bond acceptors (Lipinski definition) is 4. The molecule has 0 bridgehead atoms. The van der Waals surface area contributed by atoms with Crippen molar-refractivity contribution in [3.63, 3.8) is 0 Å². The van der Waals surface area contributed by atoms with Crippen molar-refractivity contribution in [3.8, 4) is 0 Å². The monoisotopic (exact) mass is 249 g/mol. The molecule has 6 heteroatoms. The number of amides is 1. The van der Waals surface area contributed by atoms with Crippen LogP contribution in [0.15, 0.2) is 18.3 Å². The molecule has 4 N–H and O–H groups in total. The number of nitrogens with one attached hydrogen (secondary N) is 1. The molecule has 2 rings (SSSR count). The van der Waals surface area contributed by atoms with Gasteiger partial charge in [-0.15, -0.1) is 0 Å². The number of carbonyl (C=O) groups excluding carboxylic acids is 1. The van der Waals surface area contributed by atoms with Crippen LogP contribution < -0.4 is 11.1 Å². The van der Waals surface area contributed by atoms with Crippen LogP contribution in [0.3, 0.4) is 0 Å². The third-order valence-corrected chi connectivity index (χ3v) is 3.23. The molecule has 1 aliphatic carbocycles. The highest BCUT2D eigenvalue weighted by atomic mass is 16.4. The number of anilines is 1. The van der Waals surface area contributed by atoms with Gasteiger partial charge >= 0.3 is 5.97 Å². The van der Waals surface area contributed by atoms with Gasteiger partial charge in [0.05, 0.1) is 11.5 Å². The van der Waals surface area contributed by atoms with E-state index in [4.69, 9.17) is 10.8 Å². The second-order valence-corrected chi connectivity index (χ2v) is 4.39. The van der Waals surface area contributed by atoms with Crippen molar-refractivity contribution in [2.45, 2.75) is 25.3 Å². The van der Waals surface area contributed by atoms with Crippen LogP contribution in [0.1, 0.15) is 29.6 Å². The number of nitrogens with zero attached hydrogens (tertiary/aromatic N) is 1. The van der Waals surface area contributed by atoms with E-state index >= 15 is 0 Å². The lowest BCUT2D eigenvalue weighted by Gasteiger charge is -2.19. The topological polar surface area (TPSA) is 105 Å². The van der Waals surface area contributed by atoms with Crippen LogP contribution in [-0.4, -0.2) is 28.0 Å². The van der Waals surface area contributed by atoms with Gasteiger partial charge in [0.15, 0.2) is 0 Å². The first kappa shape index (κ1) is 12.3. The zero-order valence-electron chi connectivity index (χ0n) is 9.80. The molecule has 18 heavy (non-hydrogen) atoms. The van der Waals surface area contributed by atoms with Crippen LogP contribution in [0, 0.1) is 5.92 Å². The predicted molar refractivity (Wildman–Crippen MR) is 65.1 cm³/mol. The number of aromatic nitrogens is 1. The van der Waals surface area contributed by atoms with Gasteiger partial charge in [-0.05, 0) is 25.0 Å². The Bertz CT molecular complexity index is 475. The molecular formula is C12H15N3O3. The van der Waals surface area contributed by atoms with Gasteiger partial charge in [0.25, 0.3) is 5.91 Å². The Morgan fingerprint density at radius 1 is 1.44 bits per heavy atom. The van der Waals surface area contributed by atoms with E-state index in [0.717, 1.165) is 12.8 Å². The molecule has 1 aromatic rings. The fourth-order valence-electron chi connectivity index (χ4n) is 2.32. The summed E-state index contributed by atoms with van der Waals surface area (Å²) in [6.07, 6.45) is 3.80. The summed E-state index contributed by atoms with van der Waals surface area (Å²) in [6.45, 7) is 0. The maximum atomic E-state index is 11.2. The summed E-state index contributed by atoms with van der Waals surface area (Å²) < 4.78 is 0. The molecule has 0 aromatic carbocycles. The number of hydrogen-bond donors (Lipinski definition) is 3. The molecule has 96 valence electrons. The molecule has 0 radical (unpaired) electrons. The number of primary amides is 1. The van der Waals surface area contributed by atoms with E-state index in [1.165, 1.54) is 0 Å². The molecule has 0 aliphatic heterocycles. The third-order valence-electron chi connectivity index (χ3n) is 3.23. The number of aliphatic carboxylic acids is 1. The molecule has 2 unspecified atom stereocenters. The molecule has 1 heterocycles. The zero-order chi connectivity index (χ0) is 13.1. The Kier molecular flexibility index (Phi) is 3.45. The van der Waals surface area contributed by atoms with E-state index in [2.05, 4.69) is 10.3 Å². The third kappa shape index (κ3) is 2.42. The SMILES string of the molecule is NC(=O)c1cccnc1NC1CCCC1C(=O)O. The molecule has 0 spiro atoms. The lowest BCUT2D eigenvalue weighted by atomic mass is 10.0. The second-order valence-electron chi connectivity index (χ2n) is 4.39. The number of rotatable bonds is 4. The molecule has 1 fully saturated rings. The first-order chi connectivity index (χ1) is 8.59. The first-order valence-corrected chi connectivity index (χ1v) is 5.83. The molecule has 1 aromatic heterocycles. The average Bonchev–Trinajstić information content (AvgIpc) is 2.77. The van der Waals surface area contributed by atoms with E-state index in [1.54, 1.807) is 18.3 Å². The van der Waals surface area contributed by atoms with Gasteiger partial charge in [-0.3, -0.25) is 9.59 Å². The number of carboxylic acid groups (broad SMARTS) is 1. The van der Waals surface area contributed by atoms with E-state index in [-0.39, 0.29) is 11.6 Å². The van der Waals surface area contributed by atoms with Crippen molar-refractivity contribution >= 4 is 17.7 Å². The fourth-order valence-corrected chi connectivity index (χ4v) is 2.32. The van der Waals surface area contributed by atoms with Crippen LogP contribution in [0.5, 0.6) is 0 Å². The van der Waals surface area contributed by atoms with Crippen molar-refractivity contribution in [3.05, 3.63) is 23.9 Å². The van der Waals surface area contributed by atoms with E-state index in [9.17, 15) is 9.59 Å². The quantitative estimate of drug-likeness (QED) is 0.733. The Morgan fingerprint density at radius 2 is 2.22 bits per heavy atom. The largest absolute Gasteiger partial charge is 0.481 e. The van der Waals surface area contributed by atoms with Crippen LogP contribution in [-0.2, 0) is 4.79 Å². The summed E-state index contributed by atoms with van der Waals surface area (Å²) in [5.74, 6) is -1.46. The lowest BCUT2D eigenvalue weighted by molar-refractivity contribution is -0.141. The lowest BCUT2D eigenvalue weighted by Crippen LogP contribution is -2.31. The molecule has 1 saturated carbocycles. The highest BCUT2D eigenvalue weighted by Crippen LogP contribution is 2.29. The van der Waals surface area contributed by atoms with Gasteiger partial charge in [0.2, 0.25) is 0 Å². The Hall–Kier alpha value is -2.11. The van der Waals surface area contributed by atoms with Gasteiger partial charge < -0.3 is 16.2 Å². The smallest absolute Gasteiger partial charge is 0.308 e. The molecule has 2 atom stereocenters. The molecule has 0 saturated heterocycles. The first-order valence-electron chi connectivity index (χ1n) is 5.83. The van der Waals surface area contributed by atoms with Crippen LogP contribution in [0.2, 0.25) is 0 Å². The molecule has 1 aliphatic rings. The minimum Gasteiger partial charge on any atom is -0.481 e. The summed E-state index contributed by atoms with van der Waals surface area (Å²) in [7, 11) is 0. The van der Waals surface area contributed by atoms with Crippen molar-refractivity contribution in [1.82, 2.24) is 4.98 Å². The average molecular weight is 249 g/mol. The van der Waals surface area contributed by atoms with Gasteiger partial charge in [0.1, 0.15) is 5.82 Å². The van der Waals surface area contributed by atoms with E-state index < -0.39 is 17.8 Å². The zero-order valence-corrected chi connectivity index (χ0v) is 9.80. The predicted octanol–water partition coefficient (Wildman–Crippen LogP) is 0.846. The second kappa shape index (κ2) is 5.03. The Labute approximate surface area is 104 Å². The number of nitrogens with two attached hydrogens (primary N) is 1. The molecule has 6 nitrogen and oxygen atoms in total. The van der Waals surface area contributed by atoms with Gasteiger partial charge in [-0.1, -0.05) is 6.42 Å². The minimum absolute atomic E-state index is 0.199. The maximum absolute atomic E-state index is 11.2. The summed E-state index contributed by atoms with van der Waals surface area (Å²) >= 11 is 0. The number of pyridine rings is 1. The number of carbonyl (C=O) groups is 2. The normalized spacial score (nSPS) is 22.7. The van der Waals surface area contributed by atoms with Gasteiger partial charge in [0, 0.05) is 12.2 Å². The fraction of sp³-hybridized carbons (Fsp3) is 0.417. The van der Waals surface area contributed by atoms with Crippen LogP contribution in [0.25, 0.3) is 0 Å².